The van der Waals surface area contributed by atoms with Crippen LogP contribution in [0.4, 0.5) is 4.39 Å². The van der Waals surface area contributed by atoms with E-state index in [0.717, 1.165) is 12.8 Å². The Labute approximate surface area is 204 Å². The number of likely N-dealkylation sites (N-methyl/N-ethyl adjacent to an activating group) is 1. The number of halogens is 1. The first-order valence-electron chi connectivity index (χ1n) is 11.9. The van der Waals surface area contributed by atoms with Crippen LogP contribution in [-0.4, -0.2) is 70.6 Å². The summed E-state index contributed by atoms with van der Waals surface area (Å²) in [5, 5.41) is 9.79. The summed E-state index contributed by atoms with van der Waals surface area (Å²) < 4.78 is 19.7. The maximum atomic E-state index is 13.5. The number of carbonyl (C=O) groups is 2. The number of fused-ring (bicyclic) bond motifs is 1. The fraction of sp³-hybridized carbons (Fsp3) is 0.444. The molecule has 2 heterocycles. The second-order valence-electron chi connectivity index (χ2n) is 9.45. The molecule has 1 N–H and O–H groups in total. The van der Waals surface area contributed by atoms with Gasteiger partial charge in [0.2, 0.25) is 11.8 Å². The van der Waals surface area contributed by atoms with Gasteiger partial charge in [-0.2, -0.15) is 0 Å². The number of rotatable bonds is 5. The minimum Gasteiger partial charge on any atom is -0.472 e. The molecule has 0 saturated heterocycles. The smallest absolute Gasteiger partial charge is 0.259 e. The number of ether oxygens (including phenoxy) is 1. The zero-order valence-corrected chi connectivity index (χ0v) is 20.2. The summed E-state index contributed by atoms with van der Waals surface area (Å²) in [5.41, 5.74) is 1.23. The highest BCUT2D eigenvalue weighted by molar-refractivity contribution is 5.97. The Bertz CT molecular complexity index is 1170. The minimum atomic E-state index is -0.413. The Kier molecular flexibility index (Phi) is 7.37. The Balaban J connectivity index is 1.66. The van der Waals surface area contributed by atoms with Crippen LogP contribution in [-0.2, 0) is 4.79 Å². The number of carbonyl (C=O) groups excluding carboxylic acids is 2. The molecule has 3 atom stereocenters. The first-order valence-corrected chi connectivity index (χ1v) is 11.9. The summed E-state index contributed by atoms with van der Waals surface area (Å²) in [6, 6.07) is 7.15. The molecule has 1 aliphatic heterocycles. The lowest BCUT2D eigenvalue weighted by Gasteiger charge is -2.37. The monoisotopic (exact) mass is 479 g/mol. The molecule has 1 fully saturated rings. The highest BCUT2D eigenvalue weighted by Crippen LogP contribution is 2.32. The van der Waals surface area contributed by atoms with Crippen molar-refractivity contribution in [3.05, 3.63) is 59.0 Å². The van der Waals surface area contributed by atoms with Gasteiger partial charge in [-0.05, 0) is 44.0 Å². The molecule has 1 aromatic carbocycles. The molecule has 1 aliphatic carbocycles. The first kappa shape index (κ1) is 24.7. The van der Waals surface area contributed by atoms with E-state index in [1.54, 1.807) is 42.0 Å². The molecule has 7 nitrogen and oxygen atoms in total. The summed E-state index contributed by atoms with van der Waals surface area (Å²) in [5.74, 6) is 5.40. The maximum Gasteiger partial charge on any atom is 0.259 e. The highest BCUT2D eigenvalue weighted by atomic mass is 19.1. The maximum absolute atomic E-state index is 13.5. The third-order valence-corrected chi connectivity index (χ3v) is 6.45. The molecule has 2 amide bonds. The van der Waals surface area contributed by atoms with Crippen LogP contribution >= 0.6 is 0 Å². The lowest BCUT2D eigenvalue weighted by atomic mass is 9.99. The number of pyridine rings is 1. The fourth-order valence-electron chi connectivity index (χ4n) is 4.10. The number of hydrogen-bond donors (Lipinski definition) is 1. The average molecular weight is 480 g/mol. The molecule has 0 radical (unpaired) electrons. The van der Waals surface area contributed by atoms with Crippen LogP contribution in [0, 0.1) is 29.5 Å². The summed E-state index contributed by atoms with van der Waals surface area (Å²) in [4.78, 5) is 33.7. The molecule has 1 aromatic heterocycles. The van der Waals surface area contributed by atoms with E-state index in [2.05, 4.69) is 16.8 Å². The number of aliphatic hydroxyl groups is 1. The van der Waals surface area contributed by atoms with Gasteiger partial charge in [0.05, 0.1) is 19.2 Å². The summed E-state index contributed by atoms with van der Waals surface area (Å²) in [7, 11) is 1.77. The van der Waals surface area contributed by atoms with Gasteiger partial charge < -0.3 is 19.6 Å². The molecule has 35 heavy (non-hydrogen) atoms. The van der Waals surface area contributed by atoms with Gasteiger partial charge in [0.15, 0.2) is 0 Å². The van der Waals surface area contributed by atoms with Crippen molar-refractivity contribution in [3.63, 3.8) is 0 Å². The van der Waals surface area contributed by atoms with E-state index in [4.69, 9.17) is 4.74 Å². The van der Waals surface area contributed by atoms with Crippen molar-refractivity contribution in [1.29, 1.82) is 0 Å². The third-order valence-electron chi connectivity index (χ3n) is 6.45. The second-order valence-corrected chi connectivity index (χ2v) is 9.45. The van der Waals surface area contributed by atoms with Crippen LogP contribution in [0.3, 0.4) is 0 Å². The van der Waals surface area contributed by atoms with Crippen molar-refractivity contribution in [1.82, 2.24) is 14.8 Å². The van der Waals surface area contributed by atoms with Crippen molar-refractivity contribution in [2.24, 2.45) is 11.8 Å². The van der Waals surface area contributed by atoms with Crippen LogP contribution in [0.25, 0.3) is 0 Å². The SMILES string of the molecule is C[C@@H]1CN([C@H](C)CO)C(=O)c2cc(C#Cc3cccc(F)c3)cnc2O[C@@H]1CN(C)C(=O)C1CC1. The van der Waals surface area contributed by atoms with E-state index >= 15 is 0 Å². The summed E-state index contributed by atoms with van der Waals surface area (Å²) in [6.07, 6.45) is 2.97. The first-order chi connectivity index (χ1) is 16.8. The van der Waals surface area contributed by atoms with Gasteiger partial charge in [-0.15, -0.1) is 0 Å². The molecule has 1 saturated carbocycles. The van der Waals surface area contributed by atoms with Crippen LogP contribution < -0.4 is 4.74 Å². The Hall–Kier alpha value is -3.44. The fourth-order valence-corrected chi connectivity index (χ4v) is 4.10. The number of aliphatic hydroxyl groups excluding tert-OH is 1. The minimum absolute atomic E-state index is 0.0981. The lowest BCUT2D eigenvalue weighted by molar-refractivity contribution is -0.132. The topological polar surface area (TPSA) is 83.0 Å². The molecule has 0 spiro atoms. The second kappa shape index (κ2) is 10.4. The van der Waals surface area contributed by atoms with E-state index in [-0.39, 0.29) is 53.6 Å². The molecule has 2 aliphatic rings. The van der Waals surface area contributed by atoms with Gasteiger partial charge in [-0.3, -0.25) is 9.59 Å². The zero-order valence-electron chi connectivity index (χ0n) is 20.2. The van der Waals surface area contributed by atoms with Gasteiger partial charge in [-0.1, -0.05) is 24.8 Å². The molecule has 184 valence electrons. The third kappa shape index (κ3) is 5.80. The largest absolute Gasteiger partial charge is 0.472 e. The quantitative estimate of drug-likeness (QED) is 0.667. The van der Waals surface area contributed by atoms with Gasteiger partial charge in [-0.25, -0.2) is 9.37 Å². The number of aromatic nitrogens is 1. The zero-order chi connectivity index (χ0) is 25.1. The summed E-state index contributed by atoms with van der Waals surface area (Å²) in [6.45, 7) is 4.29. The molecule has 0 bridgehead atoms. The average Bonchev–Trinajstić information content (AvgIpc) is 3.69. The van der Waals surface area contributed by atoms with E-state index in [0.29, 0.717) is 24.2 Å². The number of hydrogen-bond acceptors (Lipinski definition) is 5. The van der Waals surface area contributed by atoms with Crippen LogP contribution in [0.1, 0.15) is 48.2 Å². The number of nitrogens with zero attached hydrogens (tertiary/aromatic N) is 3. The predicted molar refractivity (Wildman–Crippen MR) is 128 cm³/mol. The Morgan fingerprint density at radius 2 is 2.06 bits per heavy atom. The highest BCUT2D eigenvalue weighted by Gasteiger charge is 2.37. The number of amides is 2. The van der Waals surface area contributed by atoms with Gasteiger partial charge >= 0.3 is 0 Å². The van der Waals surface area contributed by atoms with Crippen molar-refractivity contribution in [3.8, 4) is 17.7 Å². The van der Waals surface area contributed by atoms with Crippen LogP contribution in [0.5, 0.6) is 5.88 Å². The van der Waals surface area contributed by atoms with Gasteiger partial charge in [0, 0.05) is 42.8 Å². The predicted octanol–water partition coefficient (Wildman–Crippen LogP) is 2.71. The van der Waals surface area contributed by atoms with E-state index in [1.807, 2.05) is 6.92 Å². The molecule has 8 heteroatoms. The molecule has 4 rings (SSSR count). The molecule has 2 aromatic rings. The van der Waals surface area contributed by atoms with E-state index < -0.39 is 6.04 Å². The number of benzene rings is 1. The van der Waals surface area contributed by atoms with Crippen molar-refractivity contribution in [2.45, 2.75) is 38.8 Å². The van der Waals surface area contributed by atoms with E-state index in [1.165, 1.54) is 18.3 Å². The van der Waals surface area contributed by atoms with E-state index in [9.17, 15) is 19.1 Å². The van der Waals surface area contributed by atoms with Crippen LogP contribution in [0.2, 0.25) is 0 Å². The van der Waals surface area contributed by atoms with Crippen LogP contribution in [0.15, 0.2) is 36.5 Å². The van der Waals surface area contributed by atoms with Crippen molar-refractivity contribution >= 4 is 11.8 Å². The standard InChI is InChI=1S/C27H30FN3O4/c1-17-14-31(18(2)16-32)27(34)23-12-20(8-7-19-5-4-6-22(28)11-19)13-29-25(23)35-24(17)15-30(3)26(33)21-9-10-21/h4-6,11-13,17-18,21,24,32H,9-10,14-16H2,1-3H3/t17-,18-,24-/m1/s1. The molecule has 0 unspecified atom stereocenters. The van der Waals surface area contributed by atoms with Crippen molar-refractivity contribution in [2.75, 3.05) is 26.7 Å². The van der Waals surface area contributed by atoms with Gasteiger partial charge in [0.25, 0.3) is 5.91 Å². The Morgan fingerprint density at radius 3 is 2.74 bits per heavy atom. The summed E-state index contributed by atoms with van der Waals surface area (Å²) >= 11 is 0. The Morgan fingerprint density at radius 1 is 1.31 bits per heavy atom. The molecular weight excluding hydrogens is 449 g/mol. The molecular formula is C27H30FN3O4. The lowest BCUT2D eigenvalue weighted by Crippen LogP contribution is -2.50. The van der Waals surface area contributed by atoms with Gasteiger partial charge in [0.1, 0.15) is 17.5 Å². The van der Waals surface area contributed by atoms with Crippen molar-refractivity contribution < 1.29 is 23.8 Å². The normalized spacial score (nSPS) is 20.5.